The molecule has 1 aliphatic rings. The molecule has 0 unspecified atom stereocenters. The zero-order valence-corrected chi connectivity index (χ0v) is 11.5. The summed E-state index contributed by atoms with van der Waals surface area (Å²) in [4.78, 5) is 19.6. The van der Waals surface area contributed by atoms with E-state index in [0.29, 0.717) is 11.4 Å². The predicted molar refractivity (Wildman–Crippen MR) is 76.2 cm³/mol. The fraction of sp³-hybridized carbons (Fsp3) is 0.375. The summed E-state index contributed by atoms with van der Waals surface area (Å²) in [5.74, 6) is 0.163. The van der Waals surface area contributed by atoms with E-state index in [0.717, 1.165) is 48.9 Å². The van der Waals surface area contributed by atoms with Gasteiger partial charge in [-0.15, -0.1) is 0 Å². The summed E-state index contributed by atoms with van der Waals surface area (Å²) in [5.41, 5.74) is 3.18. The van der Waals surface area contributed by atoms with E-state index in [4.69, 9.17) is 0 Å². The van der Waals surface area contributed by atoms with Gasteiger partial charge in [-0.3, -0.25) is 4.79 Å². The smallest absolute Gasteiger partial charge is 0.254 e. The van der Waals surface area contributed by atoms with Crippen molar-refractivity contribution in [2.75, 3.05) is 0 Å². The van der Waals surface area contributed by atoms with Gasteiger partial charge in [-0.05, 0) is 50.3 Å². The summed E-state index contributed by atoms with van der Waals surface area (Å²) < 4.78 is 13.4. The van der Waals surface area contributed by atoms with Crippen molar-refractivity contribution < 1.29 is 4.39 Å². The highest BCUT2D eigenvalue weighted by atomic mass is 19.1. The van der Waals surface area contributed by atoms with Gasteiger partial charge in [-0.2, -0.15) is 0 Å². The SMILES string of the molecule is Cc1ccc(F)cc1-c1nc2c(c(=O)[nH]1)CCCCC2. The molecule has 3 nitrogen and oxygen atoms in total. The van der Waals surface area contributed by atoms with Crippen molar-refractivity contribution in [1.29, 1.82) is 0 Å². The molecule has 0 saturated carbocycles. The highest BCUT2D eigenvalue weighted by Gasteiger charge is 2.16. The number of aromatic nitrogens is 2. The first-order valence-corrected chi connectivity index (χ1v) is 7.04. The standard InChI is InChI=1S/C16H17FN2O/c1-10-7-8-11(17)9-13(10)15-18-14-6-4-2-3-5-12(14)16(20)19-15/h7-9H,2-6H2,1H3,(H,18,19,20). The lowest BCUT2D eigenvalue weighted by atomic mass is 10.1. The molecule has 0 amide bonds. The second-order valence-electron chi connectivity index (χ2n) is 5.36. The minimum atomic E-state index is -0.316. The van der Waals surface area contributed by atoms with Crippen molar-refractivity contribution in [3.05, 3.63) is 51.2 Å². The Bertz CT molecular complexity index is 706. The Hall–Kier alpha value is -1.97. The van der Waals surface area contributed by atoms with Gasteiger partial charge in [0.15, 0.2) is 0 Å². The third kappa shape index (κ3) is 2.38. The number of H-pyrrole nitrogens is 1. The molecule has 20 heavy (non-hydrogen) atoms. The largest absolute Gasteiger partial charge is 0.306 e. The average Bonchev–Trinajstić information content (AvgIpc) is 2.67. The Labute approximate surface area is 116 Å². The number of benzene rings is 1. The summed E-state index contributed by atoms with van der Waals surface area (Å²) in [6.45, 7) is 1.89. The van der Waals surface area contributed by atoms with Crippen LogP contribution in [0.5, 0.6) is 0 Å². The summed E-state index contributed by atoms with van der Waals surface area (Å²) in [5, 5.41) is 0. The molecule has 1 N–H and O–H groups in total. The number of aromatic amines is 1. The molecule has 104 valence electrons. The van der Waals surface area contributed by atoms with Gasteiger partial charge < -0.3 is 4.98 Å². The Morgan fingerprint density at radius 2 is 2.00 bits per heavy atom. The maximum absolute atomic E-state index is 13.4. The number of fused-ring (bicyclic) bond motifs is 1. The van der Waals surface area contributed by atoms with Crippen LogP contribution in [-0.2, 0) is 12.8 Å². The van der Waals surface area contributed by atoms with Gasteiger partial charge in [0.25, 0.3) is 5.56 Å². The van der Waals surface area contributed by atoms with Crippen LogP contribution in [-0.4, -0.2) is 9.97 Å². The number of rotatable bonds is 1. The number of nitrogens with zero attached hydrogens (tertiary/aromatic N) is 1. The van der Waals surface area contributed by atoms with E-state index in [-0.39, 0.29) is 11.4 Å². The first kappa shape index (κ1) is 13.0. The predicted octanol–water partition coefficient (Wildman–Crippen LogP) is 3.15. The lowest BCUT2D eigenvalue weighted by molar-refractivity contribution is 0.627. The van der Waals surface area contributed by atoms with E-state index in [2.05, 4.69) is 9.97 Å². The fourth-order valence-electron chi connectivity index (χ4n) is 2.76. The second-order valence-corrected chi connectivity index (χ2v) is 5.36. The molecule has 0 fully saturated rings. The van der Waals surface area contributed by atoms with Crippen molar-refractivity contribution in [2.45, 2.75) is 39.0 Å². The van der Waals surface area contributed by atoms with Gasteiger partial charge in [0.05, 0.1) is 5.69 Å². The zero-order chi connectivity index (χ0) is 14.1. The van der Waals surface area contributed by atoms with Crippen LogP contribution in [0.2, 0.25) is 0 Å². The molecule has 1 aromatic carbocycles. The Balaban J connectivity index is 2.16. The van der Waals surface area contributed by atoms with E-state index in [1.165, 1.54) is 12.1 Å². The first-order chi connectivity index (χ1) is 9.65. The average molecular weight is 272 g/mol. The third-order valence-corrected chi connectivity index (χ3v) is 3.90. The van der Waals surface area contributed by atoms with E-state index in [1.807, 2.05) is 6.92 Å². The molecule has 4 heteroatoms. The number of aryl methyl sites for hydroxylation is 2. The summed E-state index contributed by atoms with van der Waals surface area (Å²) >= 11 is 0. The second kappa shape index (κ2) is 5.19. The molecule has 0 aliphatic heterocycles. The number of nitrogens with one attached hydrogen (secondary N) is 1. The van der Waals surface area contributed by atoms with Crippen molar-refractivity contribution >= 4 is 0 Å². The molecular weight excluding hydrogens is 255 g/mol. The normalized spacial score (nSPS) is 14.7. The summed E-state index contributed by atoms with van der Waals surface area (Å²) in [6.07, 6.45) is 4.85. The van der Waals surface area contributed by atoms with Crippen LogP contribution in [0.1, 0.15) is 36.1 Å². The topological polar surface area (TPSA) is 45.8 Å². The number of halogens is 1. The van der Waals surface area contributed by atoms with Crippen LogP contribution in [0.3, 0.4) is 0 Å². The molecule has 1 heterocycles. The quantitative estimate of drug-likeness (QED) is 0.810. The van der Waals surface area contributed by atoms with E-state index in [1.54, 1.807) is 6.07 Å². The summed E-state index contributed by atoms with van der Waals surface area (Å²) in [7, 11) is 0. The first-order valence-electron chi connectivity index (χ1n) is 7.04. The third-order valence-electron chi connectivity index (χ3n) is 3.90. The molecule has 0 spiro atoms. The Morgan fingerprint density at radius 3 is 2.85 bits per heavy atom. The van der Waals surface area contributed by atoms with Gasteiger partial charge in [0, 0.05) is 11.1 Å². The minimum Gasteiger partial charge on any atom is -0.306 e. The monoisotopic (exact) mass is 272 g/mol. The van der Waals surface area contributed by atoms with Gasteiger partial charge in [-0.25, -0.2) is 9.37 Å². The van der Waals surface area contributed by atoms with Crippen LogP contribution in [0.25, 0.3) is 11.4 Å². The van der Waals surface area contributed by atoms with Crippen LogP contribution in [0.4, 0.5) is 4.39 Å². The summed E-state index contributed by atoms with van der Waals surface area (Å²) in [6, 6.07) is 4.55. The maximum atomic E-state index is 13.4. The highest BCUT2D eigenvalue weighted by Crippen LogP contribution is 2.23. The Morgan fingerprint density at radius 1 is 1.20 bits per heavy atom. The van der Waals surface area contributed by atoms with Gasteiger partial charge in [0.1, 0.15) is 11.6 Å². The van der Waals surface area contributed by atoms with E-state index in [9.17, 15) is 9.18 Å². The fourth-order valence-corrected chi connectivity index (χ4v) is 2.76. The molecule has 0 saturated heterocycles. The van der Waals surface area contributed by atoms with E-state index >= 15 is 0 Å². The minimum absolute atomic E-state index is 0.0736. The van der Waals surface area contributed by atoms with Gasteiger partial charge in [-0.1, -0.05) is 12.5 Å². The molecule has 0 bridgehead atoms. The molecule has 3 rings (SSSR count). The lowest BCUT2D eigenvalue weighted by Crippen LogP contribution is -2.18. The van der Waals surface area contributed by atoms with Crippen LogP contribution >= 0.6 is 0 Å². The van der Waals surface area contributed by atoms with Crippen LogP contribution in [0.15, 0.2) is 23.0 Å². The number of hydrogen-bond acceptors (Lipinski definition) is 2. The Kier molecular flexibility index (Phi) is 3.38. The highest BCUT2D eigenvalue weighted by molar-refractivity contribution is 5.60. The molecular formula is C16H17FN2O. The van der Waals surface area contributed by atoms with Crippen molar-refractivity contribution in [2.24, 2.45) is 0 Å². The van der Waals surface area contributed by atoms with Crippen molar-refractivity contribution in [1.82, 2.24) is 9.97 Å². The van der Waals surface area contributed by atoms with Gasteiger partial charge >= 0.3 is 0 Å². The molecule has 2 aromatic rings. The van der Waals surface area contributed by atoms with E-state index < -0.39 is 0 Å². The van der Waals surface area contributed by atoms with Gasteiger partial charge in [0.2, 0.25) is 0 Å². The lowest BCUT2D eigenvalue weighted by Gasteiger charge is -2.09. The molecule has 1 aliphatic carbocycles. The molecule has 0 radical (unpaired) electrons. The maximum Gasteiger partial charge on any atom is 0.254 e. The van der Waals surface area contributed by atoms with Crippen LogP contribution < -0.4 is 5.56 Å². The number of hydrogen-bond donors (Lipinski definition) is 1. The molecule has 1 aromatic heterocycles. The molecule has 0 atom stereocenters. The van der Waals surface area contributed by atoms with Crippen LogP contribution in [0, 0.1) is 12.7 Å². The van der Waals surface area contributed by atoms with Crippen molar-refractivity contribution in [3.8, 4) is 11.4 Å². The zero-order valence-electron chi connectivity index (χ0n) is 11.5. The van der Waals surface area contributed by atoms with Crippen molar-refractivity contribution in [3.63, 3.8) is 0 Å².